The fraction of sp³-hybridized carbons (Fsp3) is 0.333. The zero-order chi connectivity index (χ0) is 18.8. The van der Waals surface area contributed by atoms with E-state index in [2.05, 4.69) is 5.32 Å². The number of amides is 1. The average molecular weight is 383 g/mol. The summed E-state index contributed by atoms with van der Waals surface area (Å²) in [6.07, 6.45) is 2.58. The molecule has 1 heterocycles. The van der Waals surface area contributed by atoms with Crippen molar-refractivity contribution in [3.05, 3.63) is 51.0 Å². The van der Waals surface area contributed by atoms with Crippen LogP contribution >= 0.6 is 11.3 Å². The molecule has 1 aliphatic carbocycles. The van der Waals surface area contributed by atoms with Gasteiger partial charge >= 0.3 is 5.97 Å². The van der Waals surface area contributed by atoms with Crippen LogP contribution in [0, 0.1) is 17.5 Å². The fourth-order valence-electron chi connectivity index (χ4n) is 2.80. The molecule has 1 aliphatic rings. The van der Waals surface area contributed by atoms with E-state index in [4.69, 9.17) is 4.74 Å². The maximum Gasteiger partial charge on any atom is 0.340 e. The zero-order valence-corrected chi connectivity index (χ0v) is 14.7. The lowest BCUT2D eigenvalue weighted by molar-refractivity contribution is -0.123. The molecule has 1 aromatic heterocycles. The van der Waals surface area contributed by atoms with Crippen molar-refractivity contribution < 1.29 is 27.5 Å². The van der Waals surface area contributed by atoms with Gasteiger partial charge in [-0.15, -0.1) is 11.3 Å². The monoisotopic (exact) mass is 383 g/mol. The largest absolute Gasteiger partial charge is 0.449 e. The van der Waals surface area contributed by atoms with Gasteiger partial charge in [-0.2, -0.15) is 0 Å². The molecule has 0 spiro atoms. The van der Waals surface area contributed by atoms with Crippen molar-refractivity contribution in [3.63, 3.8) is 0 Å². The summed E-state index contributed by atoms with van der Waals surface area (Å²) in [4.78, 5) is 25.6. The van der Waals surface area contributed by atoms with Crippen LogP contribution in [0.3, 0.4) is 0 Å². The zero-order valence-electron chi connectivity index (χ0n) is 13.9. The standard InChI is InChI=1S/C18H16F3NO3S/c1-9(17(23)22-13-7-6-12(19)15(20)16(13)21)25-18(24)11-8-26-14-5-3-2-4-10(11)14/h6-9H,2-5H2,1H3,(H,22,23)/t9-/m0/s1. The van der Waals surface area contributed by atoms with Crippen LogP contribution in [0.1, 0.15) is 40.6 Å². The minimum atomic E-state index is -1.68. The number of halogens is 3. The number of aryl methyl sites for hydroxylation is 1. The molecule has 0 fully saturated rings. The molecule has 3 rings (SSSR count). The number of hydrogen-bond acceptors (Lipinski definition) is 4. The molecule has 26 heavy (non-hydrogen) atoms. The number of rotatable bonds is 4. The SMILES string of the molecule is C[C@H](OC(=O)c1csc2c1CCCC2)C(=O)Nc1ccc(F)c(F)c1F. The Kier molecular flexibility index (Phi) is 5.31. The molecule has 0 saturated heterocycles. The van der Waals surface area contributed by atoms with Gasteiger partial charge in [0.25, 0.3) is 5.91 Å². The van der Waals surface area contributed by atoms with Crippen LogP contribution in [0.15, 0.2) is 17.5 Å². The van der Waals surface area contributed by atoms with Crippen molar-refractivity contribution in [2.75, 3.05) is 5.32 Å². The van der Waals surface area contributed by atoms with E-state index in [1.165, 1.54) is 18.3 Å². The normalized spacial score (nSPS) is 14.5. The van der Waals surface area contributed by atoms with E-state index in [1.54, 1.807) is 5.38 Å². The first-order valence-corrected chi connectivity index (χ1v) is 9.01. The van der Waals surface area contributed by atoms with E-state index in [1.807, 2.05) is 0 Å². The Morgan fingerprint density at radius 2 is 1.88 bits per heavy atom. The number of benzene rings is 1. The van der Waals surface area contributed by atoms with Gasteiger partial charge in [-0.05, 0) is 50.3 Å². The Balaban J connectivity index is 1.67. The van der Waals surface area contributed by atoms with E-state index >= 15 is 0 Å². The van der Waals surface area contributed by atoms with Gasteiger partial charge < -0.3 is 10.1 Å². The highest BCUT2D eigenvalue weighted by molar-refractivity contribution is 7.10. The third-order valence-corrected chi connectivity index (χ3v) is 5.32. The summed E-state index contributed by atoms with van der Waals surface area (Å²) >= 11 is 1.50. The molecule has 0 bridgehead atoms. The van der Waals surface area contributed by atoms with Gasteiger partial charge in [0, 0.05) is 10.3 Å². The first-order valence-electron chi connectivity index (χ1n) is 8.13. The van der Waals surface area contributed by atoms with Gasteiger partial charge in [0.2, 0.25) is 0 Å². The Bertz CT molecular complexity index is 866. The highest BCUT2D eigenvalue weighted by Crippen LogP contribution is 2.30. The Morgan fingerprint density at radius 1 is 1.15 bits per heavy atom. The maximum absolute atomic E-state index is 13.6. The number of thiophene rings is 1. The summed E-state index contributed by atoms with van der Waals surface area (Å²) in [6, 6.07) is 1.60. The number of ether oxygens (including phenoxy) is 1. The molecule has 0 radical (unpaired) electrons. The number of nitrogens with one attached hydrogen (secondary N) is 1. The summed E-state index contributed by atoms with van der Waals surface area (Å²) in [6.45, 7) is 1.32. The summed E-state index contributed by atoms with van der Waals surface area (Å²) in [5.41, 5.74) is 0.888. The molecule has 8 heteroatoms. The number of anilines is 1. The van der Waals surface area contributed by atoms with E-state index in [9.17, 15) is 22.8 Å². The molecule has 0 unspecified atom stereocenters. The van der Waals surface area contributed by atoms with Gasteiger partial charge in [-0.3, -0.25) is 4.79 Å². The number of carbonyl (C=O) groups excluding carboxylic acids is 2. The van der Waals surface area contributed by atoms with Crippen LogP contribution in [0.25, 0.3) is 0 Å². The van der Waals surface area contributed by atoms with Crippen molar-refractivity contribution >= 4 is 28.9 Å². The lowest BCUT2D eigenvalue weighted by Gasteiger charge is -2.16. The van der Waals surface area contributed by atoms with Crippen LogP contribution in [-0.2, 0) is 22.4 Å². The molecule has 1 N–H and O–H groups in total. The van der Waals surface area contributed by atoms with Crippen molar-refractivity contribution in [2.45, 2.75) is 38.7 Å². The molecule has 1 aromatic carbocycles. The molecule has 0 aliphatic heterocycles. The van der Waals surface area contributed by atoms with Gasteiger partial charge in [0.1, 0.15) is 0 Å². The fourth-order valence-corrected chi connectivity index (χ4v) is 3.91. The number of carbonyl (C=O) groups is 2. The molecule has 2 aromatic rings. The molecular formula is C18H16F3NO3S. The number of fused-ring (bicyclic) bond motifs is 1. The summed E-state index contributed by atoms with van der Waals surface area (Å²) < 4.78 is 44.9. The van der Waals surface area contributed by atoms with Crippen molar-refractivity contribution in [1.29, 1.82) is 0 Å². The second-order valence-electron chi connectivity index (χ2n) is 6.02. The highest BCUT2D eigenvalue weighted by atomic mass is 32.1. The quantitative estimate of drug-likeness (QED) is 0.635. The van der Waals surface area contributed by atoms with Crippen LogP contribution in [0.4, 0.5) is 18.9 Å². The summed E-state index contributed by atoms with van der Waals surface area (Å²) in [7, 11) is 0. The lowest BCUT2D eigenvalue weighted by Crippen LogP contribution is -2.30. The number of hydrogen-bond donors (Lipinski definition) is 1. The molecule has 4 nitrogen and oxygen atoms in total. The number of esters is 1. The van der Waals surface area contributed by atoms with Crippen molar-refractivity contribution in [3.8, 4) is 0 Å². The molecule has 1 atom stereocenters. The van der Waals surface area contributed by atoms with Gasteiger partial charge in [-0.1, -0.05) is 0 Å². The Hall–Kier alpha value is -2.35. The third-order valence-electron chi connectivity index (χ3n) is 4.23. The smallest absolute Gasteiger partial charge is 0.340 e. The van der Waals surface area contributed by atoms with Gasteiger partial charge in [0.15, 0.2) is 23.6 Å². The Morgan fingerprint density at radius 3 is 2.65 bits per heavy atom. The van der Waals surface area contributed by atoms with E-state index in [-0.39, 0.29) is 0 Å². The van der Waals surface area contributed by atoms with Gasteiger partial charge in [0.05, 0.1) is 11.3 Å². The Labute approximate surface area is 152 Å². The first kappa shape index (κ1) is 18.4. The predicted molar refractivity (Wildman–Crippen MR) is 90.8 cm³/mol. The summed E-state index contributed by atoms with van der Waals surface area (Å²) in [5, 5.41) is 3.82. The maximum atomic E-state index is 13.6. The van der Waals surface area contributed by atoms with E-state index in [0.717, 1.165) is 42.2 Å². The van der Waals surface area contributed by atoms with Crippen LogP contribution < -0.4 is 5.32 Å². The van der Waals surface area contributed by atoms with Crippen LogP contribution in [0.5, 0.6) is 0 Å². The first-order chi connectivity index (χ1) is 12.4. The van der Waals surface area contributed by atoms with E-state index in [0.29, 0.717) is 11.6 Å². The van der Waals surface area contributed by atoms with E-state index < -0.39 is 41.1 Å². The van der Waals surface area contributed by atoms with Crippen molar-refractivity contribution in [1.82, 2.24) is 0 Å². The topological polar surface area (TPSA) is 55.4 Å². The van der Waals surface area contributed by atoms with Crippen molar-refractivity contribution in [2.24, 2.45) is 0 Å². The molecule has 0 saturated carbocycles. The minimum Gasteiger partial charge on any atom is -0.449 e. The second-order valence-corrected chi connectivity index (χ2v) is 6.98. The predicted octanol–water partition coefficient (Wildman–Crippen LogP) is 4.23. The minimum absolute atomic E-state index is 0.448. The lowest BCUT2D eigenvalue weighted by atomic mass is 9.96. The average Bonchev–Trinajstić information content (AvgIpc) is 3.06. The van der Waals surface area contributed by atoms with Gasteiger partial charge in [-0.25, -0.2) is 18.0 Å². The summed E-state index contributed by atoms with van der Waals surface area (Å²) in [5.74, 6) is -6.02. The molecule has 138 valence electrons. The van der Waals surface area contributed by atoms with Crippen LogP contribution in [0.2, 0.25) is 0 Å². The molecular weight excluding hydrogens is 367 g/mol. The third kappa shape index (κ3) is 3.60. The van der Waals surface area contributed by atoms with Crippen LogP contribution in [-0.4, -0.2) is 18.0 Å². The second kappa shape index (κ2) is 7.49. The highest BCUT2D eigenvalue weighted by Gasteiger charge is 2.25. The molecule has 1 amide bonds.